The minimum Gasteiger partial charge on any atom is -1.00 e. The Morgan fingerprint density at radius 2 is 1.27 bits per heavy atom. The summed E-state index contributed by atoms with van der Waals surface area (Å²) in [6.07, 6.45) is 0. The molecular weight excluding hydrogens is 255 g/mol. The average Bonchev–Trinajstić information content (AvgIpc) is 1.97. The first-order valence-corrected chi connectivity index (χ1v) is 4.51. The van der Waals surface area contributed by atoms with E-state index in [0.29, 0.717) is 0 Å². The van der Waals surface area contributed by atoms with E-state index in [9.17, 15) is 0 Å². The molecule has 5 N–H and O–H groups in total. The van der Waals surface area contributed by atoms with E-state index < -0.39 is 16.1 Å². The third-order valence-electron chi connectivity index (χ3n) is 0.993. The molecule has 0 atom stereocenters. The van der Waals surface area contributed by atoms with E-state index in [2.05, 4.69) is 0 Å². The molecular formula is C6H9KO7S. The minimum absolute atomic E-state index is 0. The molecule has 0 aliphatic carbocycles. The van der Waals surface area contributed by atoms with Gasteiger partial charge in [0.15, 0.2) is 17.2 Å². The number of phenols is 3. The number of phenolic OH excluding ortho intramolecular Hbond substituents is 3. The molecule has 1 aromatic carbocycles. The fourth-order valence-electron chi connectivity index (χ4n) is 0.519. The molecule has 82 valence electrons. The van der Waals surface area contributed by atoms with Crippen LogP contribution in [0.1, 0.15) is 1.43 Å². The third kappa shape index (κ3) is 10.4. The topological polar surface area (TPSA) is 135 Å². The standard InChI is InChI=1S/C6H6O3.K.H2O4S.H/c7-4-2-1-3-5(8)6(4)9;;1-5(2,3)4;/h1-3,7-9H;;(H2,1,2,3,4);/q;+1;;-1. The Kier molecular flexibility index (Phi) is 8.65. The number of rotatable bonds is 0. The van der Waals surface area contributed by atoms with Crippen LogP contribution in [0.3, 0.4) is 0 Å². The average molecular weight is 264 g/mol. The van der Waals surface area contributed by atoms with Gasteiger partial charge in [0, 0.05) is 0 Å². The van der Waals surface area contributed by atoms with Crippen LogP contribution in [0, 0.1) is 0 Å². The fraction of sp³-hybridized carbons (Fsp3) is 0. The Hall–Kier alpha value is 0.126. The van der Waals surface area contributed by atoms with Gasteiger partial charge in [0.25, 0.3) is 0 Å². The molecule has 0 bridgehead atoms. The van der Waals surface area contributed by atoms with Crippen molar-refractivity contribution in [1.82, 2.24) is 0 Å². The van der Waals surface area contributed by atoms with Gasteiger partial charge in [-0.05, 0) is 12.1 Å². The normalized spacial score (nSPS) is 9.47. The molecule has 0 heterocycles. The van der Waals surface area contributed by atoms with E-state index in [-0.39, 0.29) is 64.3 Å². The molecule has 7 nitrogen and oxygen atoms in total. The van der Waals surface area contributed by atoms with Crippen molar-refractivity contribution in [3.05, 3.63) is 18.2 Å². The van der Waals surface area contributed by atoms with E-state index in [1.165, 1.54) is 18.2 Å². The smallest absolute Gasteiger partial charge is 1.00 e. The Morgan fingerprint density at radius 3 is 1.47 bits per heavy atom. The second kappa shape index (κ2) is 7.41. The van der Waals surface area contributed by atoms with E-state index in [4.69, 9.17) is 32.8 Å². The van der Waals surface area contributed by atoms with Crippen LogP contribution in [-0.2, 0) is 10.4 Å². The molecule has 0 amide bonds. The van der Waals surface area contributed by atoms with Gasteiger partial charge in [-0.25, -0.2) is 0 Å². The van der Waals surface area contributed by atoms with Crippen molar-refractivity contribution >= 4 is 10.4 Å². The van der Waals surface area contributed by atoms with Crippen LogP contribution in [0.2, 0.25) is 0 Å². The summed E-state index contributed by atoms with van der Waals surface area (Å²) in [4.78, 5) is 0. The monoisotopic (exact) mass is 264 g/mol. The molecule has 0 unspecified atom stereocenters. The van der Waals surface area contributed by atoms with Gasteiger partial charge in [0.05, 0.1) is 0 Å². The summed E-state index contributed by atoms with van der Waals surface area (Å²) >= 11 is 0. The maximum Gasteiger partial charge on any atom is 1.00 e. The van der Waals surface area contributed by atoms with E-state index in [1.807, 2.05) is 0 Å². The van der Waals surface area contributed by atoms with E-state index in [0.717, 1.165) is 0 Å². The summed E-state index contributed by atoms with van der Waals surface area (Å²) in [5.74, 6) is -1.09. The van der Waals surface area contributed by atoms with E-state index >= 15 is 0 Å². The summed E-state index contributed by atoms with van der Waals surface area (Å²) in [5, 5.41) is 26.1. The second-order valence-corrected chi connectivity index (χ2v) is 2.99. The van der Waals surface area contributed by atoms with Crippen molar-refractivity contribution < 1.29 is 85.7 Å². The number of aromatic hydroxyl groups is 3. The van der Waals surface area contributed by atoms with Gasteiger partial charge in [-0.2, -0.15) is 8.42 Å². The number of para-hydroxylation sites is 1. The number of benzene rings is 1. The molecule has 0 saturated heterocycles. The first kappa shape index (κ1) is 17.5. The summed E-state index contributed by atoms with van der Waals surface area (Å²) in [7, 11) is -4.67. The summed E-state index contributed by atoms with van der Waals surface area (Å²) in [6, 6.07) is 4.01. The van der Waals surface area contributed by atoms with Crippen LogP contribution in [0.25, 0.3) is 0 Å². The molecule has 0 aromatic heterocycles. The third-order valence-corrected chi connectivity index (χ3v) is 0.993. The Bertz CT molecular complexity index is 379. The molecule has 15 heavy (non-hydrogen) atoms. The first-order valence-electron chi connectivity index (χ1n) is 3.11. The van der Waals surface area contributed by atoms with Crippen LogP contribution in [0.15, 0.2) is 18.2 Å². The molecule has 0 saturated carbocycles. The van der Waals surface area contributed by atoms with Crippen LogP contribution < -0.4 is 51.4 Å². The zero-order chi connectivity index (χ0) is 11.4. The minimum atomic E-state index is -4.67. The van der Waals surface area contributed by atoms with Crippen LogP contribution >= 0.6 is 0 Å². The Labute approximate surface area is 130 Å². The fourth-order valence-corrected chi connectivity index (χ4v) is 0.519. The summed E-state index contributed by atoms with van der Waals surface area (Å²) < 4.78 is 31.6. The first-order chi connectivity index (χ1) is 6.22. The van der Waals surface area contributed by atoms with Crippen molar-refractivity contribution in [2.45, 2.75) is 0 Å². The SMILES string of the molecule is O=S(=O)(O)O.Oc1cccc(O)c1O.[H-].[K+]. The van der Waals surface area contributed by atoms with Crippen molar-refractivity contribution in [2.75, 3.05) is 0 Å². The van der Waals surface area contributed by atoms with Crippen LogP contribution in [0.5, 0.6) is 17.2 Å². The predicted octanol–water partition coefficient (Wildman–Crippen LogP) is -2.73. The molecule has 0 aliphatic heterocycles. The zero-order valence-electron chi connectivity index (χ0n) is 8.69. The maximum atomic E-state index is 8.74. The Morgan fingerprint density at radius 1 is 1.00 bits per heavy atom. The van der Waals surface area contributed by atoms with Gasteiger partial charge >= 0.3 is 61.8 Å². The predicted molar refractivity (Wildman–Crippen MR) is 46.7 cm³/mol. The van der Waals surface area contributed by atoms with Crippen LogP contribution in [0.4, 0.5) is 0 Å². The molecule has 1 rings (SSSR count). The quantitative estimate of drug-likeness (QED) is 0.195. The van der Waals surface area contributed by atoms with Crippen molar-refractivity contribution in [1.29, 1.82) is 0 Å². The van der Waals surface area contributed by atoms with Crippen molar-refractivity contribution in [2.24, 2.45) is 0 Å². The molecule has 0 aliphatic rings. The van der Waals surface area contributed by atoms with Crippen LogP contribution in [-0.4, -0.2) is 32.8 Å². The number of hydrogen-bond donors (Lipinski definition) is 5. The number of hydrogen-bond acceptors (Lipinski definition) is 5. The van der Waals surface area contributed by atoms with E-state index in [1.54, 1.807) is 0 Å². The van der Waals surface area contributed by atoms with Gasteiger partial charge in [-0.1, -0.05) is 6.07 Å². The Balaban J connectivity index is -0.000000214. The summed E-state index contributed by atoms with van der Waals surface area (Å²) in [5.41, 5.74) is 0. The van der Waals surface area contributed by atoms with Gasteiger partial charge in [0.1, 0.15) is 0 Å². The molecule has 0 fully saturated rings. The zero-order valence-corrected chi connectivity index (χ0v) is 11.6. The molecule has 1 aromatic rings. The van der Waals surface area contributed by atoms with Gasteiger partial charge in [0.2, 0.25) is 0 Å². The molecule has 0 radical (unpaired) electrons. The molecule has 9 heteroatoms. The van der Waals surface area contributed by atoms with Gasteiger partial charge < -0.3 is 16.7 Å². The summed E-state index contributed by atoms with van der Waals surface area (Å²) in [6.45, 7) is 0. The maximum absolute atomic E-state index is 8.74. The second-order valence-electron chi connectivity index (χ2n) is 2.09. The van der Waals surface area contributed by atoms with Crippen molar-refractivity contribution in [3.63, 3.8) is 0 Å². The van der Waals surface area contributed by atoms with Gasteiger partial charge in [-0.15, -0.1) is 0 Å². The van der Waals surface area contributed by atoms with Crippen molar-refractivity contribution in [3.8, 4) is 17.2 Å². The van der Waals surface area contributed by atoms with Gasteiger partial charge in [-0.3, -0.25) is 9.11 Å². The largest absolute Gasteiger partial charge is 1.00 e. The molecule has 0 spiro atoms.